The molecule has 0 bridgehead atoms. The molecule has 0 fully saturated rings. The third-order valence-electron chi connectivity index (χ3n) is 9.28. The van der Waals surface area contributed by atoms with Gasteiger partial charge in [0.15, 0.2) is 0 Å². The zero-order valence-corrected chi connectivity index (χ0v) is 25.9. The van der Waals surface area contributed by atoms with E-state index in [1.807, 2.05) is 78.9 Å². The predicted molar refractivity (Wildman–Crippen MR) is 208 cm³/mol. The minimum Gasteiger partial charge on any atom is -0.456 e. The topological polar surface area (TPSA) is 13.1 Å². The van der Waals surface area contributed by atoms with Gasteiger partial charge in [-0.15, -0.1) is 0 Å². The largest absolute Gasteiger partial charge is 0.456 e. The van der Waals surface area contributed by atoms with E-state index < -0.39 is 66.0 Å². The van der Waals surface area contributed by atoms with Crippen LogP contribution in [0.3, 0.4) is 0 Å². The Morgan fingerprint density at radius 2 is 0.939 bits per heavy atom. The van der Waals surface area contributed by atoms with E-state index in [0.717, 1.165) is 54.6 Å². The highest BCUT2D eigenvalue weighted by molar-refractivity contribution is 6.25. The van der Waals surface area contributed by atoms with Gasteiger partial charge in [-0.1, -0.05) is 164 Å². The molecule has 1 nitrogen and oxygen atoms in total. The maximum absolute atomic E-state index is 9.35. The van der Waals surface area contributed by atoms with Crippen molar-refractivity contribution in [2.45, 2.75) is 0 Å². The fourth-order valence-electron chi connectivity index (χ4n) is 7.22. The Labute approximate surface area is 299 Å². The average molecular weight is 634 g/mol. The lowest BCUT2D eigenvalue weighted by atomic mass is 9.83. The molecule has 49 heavy (non-hydrogen) atoms. The molecule has 0 radical (unpaired) electrons. The molecular weight excluding hydrogens is 593 g/mol. The van der Waals surface area contributed by atoms with Crippen LogP contribution in [0.1, 0.15) is 15.1 Å². The summed E-state index contributed by atoms with van der Waals surface area (Å²) in [6, 6.07) is 32.6. The molecule has 9 aromatic carbocycles. The molecule has 1 heteroatoms. The quantitative estimate of drug-likeness (QED) is 0.176. The van der Waals surface area contributed by atoms with Crippen molar-refractivity contribution in [3.8, 4) is 44.5 Å². The van der Waals surface area contributed by atoms with Gasteiger partial charge in [-0.05, 0) is 95.0 Å². The maximum atomic E-state index is 9.35. The molecule has 228 valence electrons. The molecule has 0 aliphatic heterocycles. The SMILES string of the molecule is [2H]c1c([2H])c([2H])c(-c2c([2H])c([2H])c3c(oc4c([2H])c([2H])c([2H])c(-c5ccc(-c6c7ccccc7c(-c7ccccc7)c7ccccc67)c6ccccc56)c43)c2[2H])c([2H])c1[2H]. The Kier molecular flexibility index (Phi) is 4.25. The van der Waals surface area contributed by atoms with E-state index >= 15 is 0 Å². The summed E-state index contributed by atoms with van der Waals surface area (Å²) in [6.45, 7) is 0. The van der Waals surface area contributed by atoms with E-state index in [1.54, 1.807) is 0 Å². The Bertz CT molecular complexity index is 3420. The van der Waals surface area contributed by atoms with Gasteiger partial charge >= 0.3 is 0 Å². The first-order valence-electron chi connectivity index (χ1n) is 21.5. The van der Waals surface area contributed by atoms with Gasteiger partial charge in [-0.3, -0.25) is 0 Å². The average Bonchev–Trinajstić information content (AvgIpc) is 3.68. The predicted octanol–water partition coefficient (Wildman–Crippen LogP) is 13.7. The van der Waals surface area contributed by atoms with Crippen LogP contribution in [-0.4, -0.2) is 0 Å². The summed E-state index contributed by atoms with van der Waals surface area (Å²) >= 11 is 0. The van der Waals surface area contributed by atoms with E-state index in [2.05, 4.69) is 36.4 Å². The normalized spacial score (nSPS) is 14.8. The van der Waals surface area contributed by atoms with Gasteiger partial charge in [0.1, 0.15) is 11.2 Å². The molecule has 0 aliphatic rings. The van der Waals surface area contributed by atoms with Gasteiger partial charge in [0.05, 0.1) is 15.1 Å². The van der Waals surface area contributed by atoms with Crippen LogP contribution in [-0.2, 0) is 0 Å². The van der Waals surface area contributed by atoms with Crippen molar-refractivity contribution >= 4 is 54.3 Å². The zero-order chi connectivity index (χ0) is 41.9. The molecule has 0 N–H and O–H groups in total. The van der Waals surface area contributed by atoms with Crippen LogP contribution in [0.25, 0.3) is 98.8 Å². The minimum atomic E-state index is -0.655. The highest BCUT2D eigenvalue weighted by Gasteiger charge is 2.20. The summed E-state index contributed by atoms with van der Waals surface area (Å²) in [4.78, 5) is 0. The number of hydrogen-bond acceptors (Lipinski definition) is 1. The Balaban J connectivity index is 1.30. The lowest BCUT2D eigenvalue weighted by molar-refractivity contribution is 0.669. The molecule has 0 unspecified atom stereocenters. The standard InChI is InChI=1S/C48H30O/c1-3-14-31(15-4-1)33-26-27-43-45(30-33)49-44-25-13-24-37(48(43)44)36-28-29-42(35-19-8-7-18-34(35)36)47-40-22-11-9-20-38(40)46(32-16-5-2-6-17-32)39-21-10-12-23-41(39)47/h1-30H/i1D,3D,4D,13D,14D,15D,24D,25D,26D,27D,30D. The second-order valence-corrected chi connectivity index (χ2v) is 11.9. The lowest BCUT2D eigenvalue weighted by Crippen LogP contribution is -1.92. The summed E-state index contributed by atoms with van der Waals surface area (Å²) in [6.07, 6.45) is 0. The first kappa shape index (κ1) is 18.8. The Morgan fingerprint density at radius 1 is 0.347 bits per heavy atom. The Hall–Kier alpha value is -6.44. The van der Waals surface area contributed by atoms with E-state index in [9.17, 15) is 4.11 Å². The highest BCUT2D eigenvalue weighted by atomic mass is 16.3. The second-order valence-electron chi connectivity index (χ2n) is 11.9. The van der Waals surface area contributed by atoms with Crippen molar-refractivity contribution in [2.24, 2.45) is 0 Å². The summed E-state index contributed by atoms with van der Waals surface area (Å²) in [5.74, 6) is 0. The van der Waals surface area contributed by atoms with Gasteiger partial charge in [0.25, 0.3) is 0 Å². The van der Waals surface area contributed by atoms with Crippen LogP contribution in [0.4, 0.5) is 0 Å². The molecule has 0 amide bonds. The van der Waals surface area contributed by atoms with Crippen molar-refractivity contribution < 1.29 is 19.5 Å². The molecule has 1 heterocycles. The Morgan fingerprint density at radius 3 is 1.63 bits per heavy atom. The van der Waals surface area contributed by atoms with Crippen LogP contribution in [0.2, 0.25) is 0 Å². The maximum Gasteiger partial charge on any atom is 0.136 e. The molecule has 10 rings (SSSR count). The third-order valence-corrected chi connectivity index (χ3v) is 9.28. The second kappa shape index (κ2) is 11.1. The van der Waals surface area contributed by atoms with Crippen molar-refractivity contribution in [2.75, 3.05) is 0 Å². The van der Waals surface area contributed by atoms with Crippen molar-refractivity contribution in [1.29, 1.82) is 0 Å². The molecule has 0 spiro atoms. The monoisotopic (exact) mass is 633 g/mol. The highest BCUT2D eigenvalue weighted by Crippen LogP contribution is 2.47. The van der Waals surface area contributed by atoms with Crippen molar-refractivity contribution in [1.82, 2.24) is 0 Å². The van der Waals surface area contributed by atoms with Gasteiger partial charge in [-0.25, -0.2) is 0 Å². The third kappa shape index (κ3) is 4.33. The first-order chi connectivity index (χ1) is 28.9. The lowest BCUT2D eigenvalue weighted by Gasteiger charge is -2.19. The molecule has 0 saturated heterocycles. The number of furan rings is 1. The fourth-order valence-corrected chi connectivity index (χ4v) is 7.22. The van der Waals surface area contributed by atoms with Crippen LogP contribution in [0, 0.1) is 0 Å². The summed E-state index contributed by atoms with van der Waals surface area (Å²) < 4.78 is 103. The number of fused-ring (bicyclic) bond motifs is 6. The summed E-state index contributed by atoms with van der Waals surface area (Å²) in [5.41, 5.74) is 3.64. The van der Waals surface area contributed by atoms with E-state index in [0.29, 0.717) is 5.56 Å². The van der Waals surface area contributed by atoms with Gasteiger partial charge in [0.2, 0.25) is 0 Å². The van der Waals surface area contributed by atoms with E-state index in [-0.39, 0.29) is 39.1 Å². The van der Waals surface area contributed by atoms with Crippen LogP contribution >= 0.6 is 0 Å². The molecular formula is C48H30O. The van der Waals surface area contributed by atoms with Crippen LogP contribution < -0.4 is 0 Å². The zero-order valence-electron chi connectivity index (χ0n) is 36.9. The summed E-state index contributed by atoms with van der Waals surface area (Å²) in [5, 5.41) is 5.88. The van der Waals surface area contributed by atoms with Crippen molar-refractivity contribution in [3.05, 3.63) is 182 Å². The van der Waals surface area contributed by atoms with Gasteiger partial charge in [-0.2, -0.15) is 0 Å². The number of hydrogen-bond donors (Lipinski definition) is 0. The van der Waals surface area contributed by atoms with Crippen LogP contribution in [0.5, 0.6) is 0 Å². The minimum absolute atomic E-state index is 0.0465. The molecule has 1 aromatic heterocycles. The van der Waals surface area contributed by atoms with Gasteiger partial charge < -0.3 is 4.42 Å². The van der Waals surface area contributed by atoms with Crippen molar-refractivity contribution in [3.63, 3.8) is 0 Å². The smallest absolute Gasteiger partial charge is 0.136 e. The molecule has 0 atom stereocenters. The molecule has 0 aliphatic carbocycles. The number of rotatable bonds is 4. The van der Waals surface area contributed by atoms with E-state index in [1.165, 1.54) is 0 Å². The van der Waals surface area contributed by atoms with E-state index in [4.69, 9.17) is 15.4 Å². The van der Waals surface area contributed by atoms with Crippen LogP contribution in [0.15, 0.2) is 186 Å². The number of benzene rings is 9. The first-order valence-corrected chi connectivity index (χ1v) is 16.0. The summed E-state index contributed by atoms with van der Waals surface area (Å²) in [7, 11) is 0. The molecule has 0 saturated carbocycles. The fraction of sp³-hybridized carbons (Fsp3) is 0. The molecule has 10 aromatic rings. The van der Waals surface area contributed by atoms with Gasteiger partial charge in [0, 0.05) is 10.8 Å².